The molecular weight excluding hydrogens is 354 g/mol. The number of aromatic nitrogens is 1. The number of benzene rings is 1. The van der Waals surface area contributed by atoms with Crippen LogP contribution in [0.2, 0.25) is 0 Å². The highest BCUT2D eigenvalue weighted by Gasteiger charge is 2.09. The largest absolute Gasteiger partial charge is 0.353 e. The van der Waals surface area contributed by atoms with E-state index in [0.29, 0.717) is 12.2 Å². The highest BCUT2D eigenvalue weighted by atomic mass is 79.9. The van der Waals surface area contributed by atoms with Gasteiger partial charge in [-0.3, -0.25) is 4.72 Å². The second-order valence-electron chi connectivity index (χ2n) is 4.46. The fourth-order valence-corrected chi connectivity index (χ4v) is 3.19. The lowest BCUT2D eigenvalue weighted by atomic mass is 10.3. The molecular formula is C14H16BrN3O2S. The molecule has 0 aliphatic heterocycles. The molecule has 2 rings (SSSR count). The van der Waals surface area contributed by atoms with E-state index in [0.717, 1.165) is 15.8 Å². The van der Waals surface area contributed by atoms with E-state index in [1.165, 1.54) is 0 Å². The number of nitrogens with one attached hydrogen (secondary N) is 2. The smallest absolute Gasteiger partial charge is 0.233 e. The van der Waals surface area contributed by atoms with Crippen molar-refractivity contribution in [3.05, 3.63) is 47.1 Å². The molecule has 0 radical (unpaired) electrons. The number of hydrogen-bond acceptors (Lipinski definition) is 4. The summed E-state index contributed by atoms with van der Waals surface area (Å²) in [4.78, 5) is 4.10. The maximum atomic E-state index is 11.6. The van der Waals surface area contributed by atoms with E-state index in [-0.39, 0.29) is 5.75 Å². The van der Waals surface area contributed by atoms with E-state index in [1.807, 2.05) is 31.2 Å². The lowest BCUT2D eigenvalue weighted by Crippen LogP contribution is -2.16. The molecule has 1 aromatic heterocycles. The van der Waals surface area contributed by atoms with Crippen LogP contribution >= 0.6 is 15.9 Å². The number of nitrogens with zero attached hydrogens (tertiary/aromatic N) is 1. The summed E-state index contributed by atoms with van der Waals surface area (Å²) in [6.07, 6.45) is 2.15. The predicted octanol–water partition coefficient (Wildman–Crippen LogP) is 3.74. The topological polar surface area (TPSA) is 71.1 Å². The molecule has 2 aromatic rings. The summed E-state index contributed by atoms with van der Waals surface area (Å²) in [6.45, 7) is 1.82. The third-order valence-electron chi connectivity index (χ3n) is 2.65. The third kappa shape index (κ3) is 4.71. The number of rotatable bonds is 6. The van der Waals surface area contributed by atoms with Crippen LogP contribution in [0.4, 0.5) is 17.2 Å². The number of hydrogen-bond donors (Lipinski definition) is 2. The molecule has 21 heavy (non-hydrogen) atoms. The molecule has 0 amide bonds. The van der Waals surface area contributed by atoms with Crippen LogP contribution in [-0.2, 0) is 10.0 Å². The van der Waals surface area contributed by atoms with Gasteiger partial charge < -0.3 is 5.32 Å². The Hall–Kier alpha value is -1.60. The van der Waals surface area contributed by atoms with Crippen LogP contribution in [0.5, 0.6) is 0 Å². The van der Waals surface area contributed by atoms with Crippen molar-refractivity contribution in [1.82, 2.24) is 4.98 Å². The van der Waals surface area contributed by atoms with Crippen LogP contribution in [0.3, 0.4) is 0 Å². The zero-order valence-electron chi connectivity index (χ0n) is 11.5. The van der Waals surface area contributed by atoms with Gasteiger partial charge in [-0.15, -0.1) is 0 Å². The molecule has 0 unspecified atom stereocenters. The fraction of sp³-hybridized carbons (Fsp3) is 0.214. The van der Waals surface area contributed by atoms with E-state index in [4.69, 9.17) is 0 Å². The number of halogens is 1. The SMILES string of the molecule is CCCS(=O)(=O)Nc1ccc(Nc2ccccc2Br)cn1. The standard InChI is InChI=1S/C14H16BrN3O2S/c1-2-9-21(19,20)18-14-8-7-11(10-16-14)17-13-6-4-3-5-12(13)15/h3-8,10,17H,2,9H2,1H3,(H,16,18). The van der Waals surface area contributed by atoms with Gasteiger partial charge in [0.2, 0.25) is 10.0 Å². The van der Waals surface area contributed by atoms with Gasteiger partial charge in [0.05, 0.1) is 23.3 Å². The Kier molecular flexibility index (Phi) is 5.19. The maximum Gasteiger partial charge on any atom is 0.233 e. The first-order chi connectivity index (χ1) is 10.00. The summed E-state index contributed by atoms with van der Waals surface area (Å²) < 4.78 is 26.7. The van der Waals surface area contributed by atoms with Gasteiger partial charge in [-0.2, -0.15) is 0 Å². The van der Waals surface area contributed by atoms with Gasteiger partial charge >= 0.3 is 0 Å². The second kappa shape index (κ2) is 6.91. The molecule has 0 bridgehead atoms. The van der Waals surface area contributed by atoms with Gasteiger partial charge in [-0.05, 0) is 46.6 Å². The molecule has 0 saturated heterocycles. The van der Waals surface area contributed by atoms with E-state index in [9.17, 15) is 8.42 Å². The Morgan fingerprint density at radius 3 is 2.57 bits per heavy atom. The fourth-order valence-electron chi connectivity index (χ4n) is 1.73. The van der Waals surface area contributed by atoms with Crippen molar-refractivity contribution in [2.24, 2.45) is 0 Å². The number of para-hydroxylation sites is 1. The summed E-state index contributed by atoms with van der Waals surface area (Å²) in [6, 6.07) is 11.1. The minimum Gasteiger partial charge on any atom is -0.353 e. The zero-order chi connectivity index (χ0) is 15.3. The Bertz CT molecular complexity index is 702. The van der Waals surface area contributed by atoms with Crippen LogP contribution < -0.4 is 10.0 Å². The van der Waals surface area contributed by atoms with Crippen molar-refractivity contribution in [1.29, 1.82) is 0 Å². The number of sulfonamides is 1. The zero-order valence-corrected chi connectivity index (χ0v) is 13.9. The van der Waals surface area contributed by atoms with Gasteiger partial charge in [-0.1, -0.05) is 19.1 Å². The Morgan fingerprint density at radius 1 is 1.19 bits per heavy atom. The number of anilines is 3. The molecule has 7 heteroatoms. The lowest BCUT2D eigenvalue weighted by molar-refractivity contribution is 0.599. The van der Waals surface area contributed by atoms with Crippen molar-refractivity contribution in [2.45, 2.75) is 13.3 Å². The van der Waals surface area contributed by atoms with Crippen LogP contribution in [-0.4, -0.2) is 19.2 Å². The Labute approximate surface area is 133 Å². The molecule has 5 nitrogen and oxygen atoms in total. The normalized spacial score (nSPS) is 11.1. The van der Waals surface area contributed by atoms with Crippen molar-refractivity contribution in [3.63, 3.8) is 0 Å². The molecule has 1 heterocycles. The monoisotopic (exact) mass is 369 g/mol. The Morgan fingerprint density at radius 2 is 1.95 bits per heavy atom. The summed E-state index contributed by atoms with van der Waals surface area (Å²) in [7, 11) is -3.30. The quantitative estimate of drug-likeness (QED) is 0.813. The lowest BCUT2D eigenvalue weighted by Gasteiger charge is -2.09. The van der Waals surface area contributed by atoms with E-state index in [2.05, 4.69) is 31.0 Å². The van der Waals surface area contributed by atoms with Gasteiger partial charge in [-0.25, -0.2) is 13.4 Å². The van der Waals surface area contributed by atoms with Crippen molar-refractivity contribution in [3.8, 4) is 0 Å². The van der Waals surface area contributed by atoms with Gasteiger partial charge in [0, 0.05) is 4.47 Å². The van der Waals surface area contributed by atoms with Crippen LogP contribution in [0.1, 0.15) is 13.3 Å². The molecule has 112 valence electrons. The first-order valence-corrected chi connectivity index (χ1v) is 8.93. The average molecular weight is 370 g/mol. The molecule has 2 N–H and O–H groups in total. The van der Waals surface area contributed by atoms with Crippen LogP contribution in [0.15, 0.2) is 47.1 Å². The summed E-state index contributed by atoms with van der Waals surface area (Å²) in [5, 5.41) is 3.20. The highest BCUT2D eigenvalue weighted by Crippen LogP contribution is 2.25. The average Bonchev–Trinajstić information content (AvgIpc) is 2.43. The first-order valence-electron chi connectivity index (χ1n) is 6.48. The van der Waals surface area contributed by atoms with E-state index < -0.39 is 10.0 Å². The molecule has 0 atom stereocenters. The van der Waals surface area contributed by atoms with Crippen molar-refractivity contribution in [2.75, 3.05) is 15.8 Å². The summed E-state index contributed by atoms with van der Waals surface area (Å²) >= 11 is 3.45. The molecule has 0 aliphatic rings. The van der Waals surface area contributed by atoms with Crippen LogP contribution in [0, 0.1) is 0 Å². The minimum atomic E-state index is -3.30. The van der Waals surface area contributed by atoms with Crippen LogP contribution in [0.25, 0.3) is 0 Å². The van der Waals surface area contributed by atoms with E-state index in [1.54, 1.807) is 18.3 Å². The Balaban J connectivity index is 2.08. The third-order valence-corrected chi connectivity index (χ3v) is 4.81. The molecule has 0 aliphatic carbocycles. The summed E-state index contributed by atoms with van der Waals surface area (Å²) in [5.41, 5.74) is 1.69. The molecule has 1 aromatic carbocycles. The first kappa shape index (κ1) is 15.8. The summed E-state index contributed by atoms with van der Waals surface area (Å²) in [5.74, 6) is 0.409. The number of pyridine rings is 1. The van der Waals surface area contributed by atoms with Crippen molar-refractivity contribution < 1.29 is 8.42 Å². The van der Waals surface area contributed by atoms with E-state index >= 15 is 0 Å². The highest BCUT2D eigenvalue weighted by molar-refractivity contribution is 9.10. The van der Waals surface area contributed by atoms with Gasteiger partial charge in [0.25, 0.3) is 0 Å². The van der Waals surface area contributed by atoms with Crippen molar-refractivity contribution >= 4 is 43.1 Å². The molecule has 0 fully saturated rings. The maximum absolute atomic E-state index is 11.6. The molecule has 0 spiro atoms. The van der Waals surface area contributed by atoms with Gasteiger partial charge in [0.1, 0.15) is 5.82 Å². The molecule has 0 saturated carbocycles. The minimum absolute atomic E-state index is 0.0889. The predicted molar refractivity (Wildman–Crippen MR) is 89.4 cm³/mol. The second-order valence-corrected chi connectivity index (χ2v) is 7.15. The van der Waals surface area contributed by atoms with Gasteiger partial charge in [0.15, 0.2) is 0 Å².